The van der Waals surface area contributed by atoms with Gasteiger partial charge in [0.25, 0.3) is 0 Å². The number of benzene rings is 2. The summed E-state index contributed by atoms with van der Waals surface area (Å²) in [6.07, 6.45) is 2.96. The van der Waals surface area contributed by atoms with Crippen molar-refractivity contribution in [1.29, 1.82) is 0 Å². The number of carbonyl (C=O) groups excluding carboxylic acids is 1. The minimum Gasteiger partial charge on any atom is -0.385 e. The number of carbonyl (C=O) groups is 1. The Bertz CT molecular complexity index is 650. The molecule has 4 heteroatoms. The van der Waals surface area contributed by atoms with Gasteiger partial charge in [-0.1, -0.05) is 23.7 Å². The van der Waals surface area contributed by atoms with Gasteiger partial charge in [0, 0.05) is 28.9 Å². The minimum atomic E-state index is 0.140. The average molecular weight is 315 g/mol. The van der Waals surface area contributed by atoms with Gasteiger partial charge in [-0.3, -0.25) is 4.79 Å². The van der Waals surface area contributed by atoms with Crippen LogP contribution in [0.25, 0.3) is 0 Å². The van der Waals surface area contributed by atoms with E-state index in [1.165, 1.54) is 5.56 Å². The first-order valence-electron chi connectivity index (χ1n) is 7.60. The average Bonchev–Trinajstić information content (AvgIpc) is 3.34. The smallest absolute Gasteiger partial charge is 0.227 e. The highest BCUT2D eigenvalue weighted by Gasteiger charge is 2.29. The van der Waals surface area contributed by atoms with Gasteiger partial charge in [0.2, 0.25) is 5.91 Å². The van der Waals surface area contributed by atoms with E-state index < -0.39 is 0 Å². The predicted molar refractivity (Wildman–Crippen MR) is 91.4 cm³/mol. The van der Waals surface area contributed by atoms with Crippen molar-refractivity contribution in [3.05, 3.63) is 59.1 Å². The van der Waals surface area contributed by atoms with Gasteiger partial charge >= 0.3 is 0 Å². The fraction of sp³-hybridized carbons (Fsp3) is 0.278. The summed E-state index contributed by atoms with van der Waals surface area (Å²) in [6.45, 7) is 0.841. The lowest BCUT2D eigenvalue weighted by Gasteiger charge is -2.09. The van der Waals surface area contributed by atoms with E-state index in [9.17, 15) is 4.79 Å². The van der Waals surface area contributed by atoms with Crippen molar-refractivity contribution in [2.24, 2.45) is 5.92 Å². The Kier molecular flexibility index (Phi) is 4.64. The van der Waals surface area contributed by atoms with Gasteiger partial charge in [-0.05, 0) is 61.2 Å². The fourth-order valence-corrected chi connectivity index (χ4v) is 2.52. The zero-order chi connectivity index (χ0) is 15.4. The zero-order valence-corrected chi connectivity index (χ0v) is 13.1. The topological polar surface area (TPSA) is 41.1 Å². The van der Waals surface area contributed by atoms with Gasteiger partial charge in [-0.25, -0.2) is 0 Å². The second-order valence-corrected chi connectivity index (χ2v) is 6.08. The van der Waals surface area contributed by atoms with Gasteiger partial charge in [0.15, 0.2) is 0 Å². The molecule has 0 bridgehead atoms. The third-order valence-electron chi connectivity index (χ3n) is 3.73. The molecular weight excluding hydrogens is 296 g/mol. The Morgan fingerprint density at radius 3 is 2.50 bits per heavy atom. The van der Waals surface area contributed by atoms with Crippen LogP contribution in [-0.4, -0.2) is 12.5 Å². The molecule has 2 N–H and O–H groups in total. The third-order valence-corrected chi connectivity index (χ3v) is 3.97. The largest absolute Gasteiger partial charge is 0.385 e. The molecule has 2 aromatic rings. The maximum absolute atomic E-state index is 11.7. The summed E-state index contributed by atoms with van der Waals surface area (Å²) in [6, 6.07) is 15.7. The van der Waals surface area contributed by atoms with Crippen molar-refractivity contribution in [3.63, 3.8) is 0 Å². The van der Waals surface area contributed by atoms with E-state index >= 15 is 0 Å². The molecule has 1 fully saturated rings. The molecular formula is C18H19ClN2O. The zero-order valence-electron chi connectivity index (χ0n) is 12.3. The first-order chi connectivity index (χ1) is 10.7. The minimum absolute atomic E-state index is 0.140. The summed E-state index contributed by atoms with van der Waals surface area (Å²) in [5.74, 6) is 0.372. The molecule has 2 aromatic carbocycles. The molecule has 0 unspecified atom stereocenters. The highest BCUT2D eigenvalue weighted by atomic mass is 35.5. The van der Waals surface area contributed by atoms with E-state index in [-0.39, 0.29) is 11.8 Å². The molecule has 0 atom stereocenters. The number of amides is 1. The summed E-state index contributed by atoms with van der Waals surface area (Å²) in [4.78, 5) is 11.7. The van der Waals surface area contributed by atoms with Crippen LogP contribution in [0.3, 0.4) is 0 Å². The number of hydrogen-bond donors (Lipinski definition) is 2. The maximum Gasteiger partial charge on any atom is 0.227 e. The molecule has 0 aromatic heterocycles. The molecule has 1 aliphatic carbocycles. The number of nitrogens with one attached hydrogen (secondary N) is 2. The SMILES string of the molecule is O=C(Nc1ccc(NCCc2cccc(Cl)c2)cc1)C1CC1. The Morgan fingerprint density at radius 2 is 1.82 bits per heavy atom. The Balaban J connectivity index is 1.47. The number of anilines is 2. The van der Waals surface area contributed by atoms with Crippen LogP contribution in [0, 0.1) is 5.92 Å². The van der Waals surface area contributed by atoms with Gasteiger partial charge < -0.3 is 10.6 Å². The summed E-state index contributed by atoms with van der Waals surface area (Å²) < 4.78 is 0. The van der Waals surface area contributed by atoms with Gasteiger partial charge in [0.1, 0.15) is 0 Å². The fourth-order valence-electron chi connectivity index (χ4n) is 2.30. The molecule has 3 rings (SSSR count). The van der Waals surface area contributed by atoms with Crippen molar-refractivity contribution in [3.8, 4) is 0 Å². The van der Waals surface area contributed by atoms with Crippen LogP contribution in [0.4, 0.5) is 11.4 Å². The van der Waals surface area contributed by atoms with Gasteiger partial charge in [0.05, 0.1) is 0 Å². The lowest BCUT2D eigenvalue weighted by Crippen LogP contribution is -2.13. The second kappa shape index (κ2) is 6.84. The molecule has 0 radical (unpaired) electrons. The van der Waals surface area contributed by atoms with Crippen LogP contribution in [-0.2, 0) is 11.2 Å². The number of rotatable bonds is 6. The lowest BCUT2D eigenvalue weighted by atomic mass is 10.1. The van der Waals surface area contributed by atoms with Crippen LogP contribution in [0.2, 0.25) is 5.02 Å². The van der Waals surface area contributed by atoms with E-state index in [0.717, 1.165) is 42.2 Å². The summed E-state index contributed by atoms with van der Waals surface area (Å²) >= 11 is 5.97. The van der Waals surface area contributed by atoms with Crippen molar-refractivity contribution >= 4 is 28.9 Å². The van der Waals surface area contributed by atoms with E-state index in [1.54, 1.807) is 0 Å². The van der Waals surface area contributed by atoms with Crippen molar-refractivity contribution in [2.75, 3.05) is 17.2 Å². The maximum atomic E-state index is 11.7. The number of hydrogen-bond acceptors (Lipinski definition) is 2. The summed E-state index contributed by atoms with van der Waals surface area (Å²) in [5.41, 5.74) is 3.12. The molecule has 1 aliphatic rings. The van der Waals surface area contributed by atoms with Crippen LogP contribution in [0.15, 0.2) is 48.5 Å². The molecule has 1 saturated carbocycles. The summed E-state index contributed by atoms with van der Waals surface area (Å²) in [7, 11) is 0. The molecule has 114 valence electrons. The molecule has 1 amide bonds. The van der Waals surface area contributed by atoms with Crippen molar-refractivity contribution in [2.45, 2.75) is 19.3 Å². The van der Waals surface area contributed by atoms with Gasteiger partial charge in [-0.2, -0.15) is 0 Å². The quantitative estimate of drug-likeness (QED) is 0.832. The predicted octanol–water partition coefficient (Wildman–Crippen LogP) is 4.34. The van der Waals surface area contributed by atoms with Crippen LogP contribution in [0.5, 0.6) is 0 Å². The first-order valence-corrected chi connectivity index (χ1v) is 7.98. The molecule has 0 heterocycles. The highest BCUT2D eigenvalue weighted by Crippen LogP contribution is 2.30. The highest BCUT2D eigenvalue weighted by molar-refractivity contribution is 6.30. The molecule has 22 heavy (non-hydrogen) atoms. The molecule has 0 spiro atoms. The normalized spacial score (nSPS) is 13.7. The molecule has 3 nitrogen and oxygen atoms in total. The van der Waals surface area contributed by atoms with E-state index in [4.69, 9.17) is 11.6 Å². The summed E-state index contributed by atoms with van der Waals surface area (Å²) in [5, 5.41) is 7.08. The van der Waals surface area contributed by atoms with Crippen LogP contribution < -0.4 is 10.6 Å². The molecule has 0 aliphatic heterocycles. The van der Waals surface area contributed by atoms with Crippen molar-refractivity contribution in [1.82, 2.24) is 0 Å². The Morgan fingerprint density at radius 1 is 1.09 bits per heavy atom. The molecule has 0 saturated heterocycles. The lowest BCUT2D eigenvalue weighted by molar-refractivity contribution is -0.117. The second-order valence-electron chi connectivity index (χ2n) is 5.65. The van der Waals surface area contributed by atoms with Crippen LogP contribution in [0.1, 0.15) is 18.4 Å². The van der Waals surface area contributed by atoms with E-state index in [2.05, 4.69) is 16.7 Å². The Hall–Kier alpha value is -2.00. The Labute approximate surface area is 135 Å². The van der Waals surface area contributed by atoms with Gasteiger partial charge in [-0.15, -0.1) is 0 Å². The van der Waals surface area contributed by atoms with Crippen LogP contribution >= 0.6 is 11.6 Å². The van der Waals surface area contributed by atoms with E-state index in [0.29, 0.717) is 0 Å². The number of halogens is 1. The third kappa shape index (κ3) is 4.25. The van der Waals surface area contributed by atoms with E-state index in [1.807, 2.05) is 42.5 Å². The standard InChI is InChI=1S/C18H19ClN2O/c19-15-3-1-2-13(12-15)10-11-20-16-6-8-17(9-7-16)21-18(22)14-4-5-14/h1-3,6-9,12,14,20H,4-5,10-11H2,(H,21,22). The first kappa shape index (κ1) is 14.9. The van der Waals surface area contributed by atoms with Crippen molar-refractivity contribution < 1.29 is 4.79 Å². The monoisotopic (exact) mass is 314 g/mol.